The van der Waals surface area contributed by atoms with Crippen LogP contribution in [0.5, 0.6) is 0 Å². The molecule has 0 aliphatic carbocycles. The molecule has 158 valence electrons. The first-order chi connectivity index (χ1) is 14.4. The van der Waals surface area contributed by atoms with Crippen molar-refractivity contribution in [3.05, 3.63) is 65.2 Å². The minimum absolute atomic E-state index is 0.0837. The van der Waals surface area contributed by atoms with Crippen LogP contribution in [-0.2, 0) is 20.7 Å². The molecule has 0 radical (unpaired) electrons. The minimum atomic E-state index is -1.08. The van der Waals surface area contributed by atoms with Crippen LogP contribution in [0.4, 0.5) is 14.5 Å². The van der Waals surface area contributed by atoms with Gasteiger partial charge in [0.15, 0.2) is 0 Å². The van der Waals surface area contributed by atoms with Crippen molar-refractivity contribution in [2.24, 2.45) is 5.92 Å². The zero-order valence-electron chi connectivity index (χ0n) is 16.5. The van der Waals surface area contributed by atoms with E-state index in [0.717, 1.165) is 18.7 Å². The van der Waals surface area contributed by atoms with E-state index in [4.69, 9.17) is 0 Å². The van der Waals surface area contributed by atoms with E-state index in [1.807, 2.05) is 30.3 Å². The van der Waals surface area contributed by atoms with Gasteiger partial charge in [0, 0.05) is 19.2 Å². The number of amides is 2. The average Bonchev–Trinajstić information content (AvgIpc) is 2.75. The molecular formula is C22H22F2N2O4. The van der Waals surface area contributed by atoms with E-state index in [0.29, 0.717) is 25.5 Å². The number of benzene rings is 2. The number of anilines is 1. The van der Waals surface area contributed by atoms with Gasteiger partial charge < -0.3 is 15.0 Å². The van der Waals surface area contributed by atoms with Gasteiger partial charge in [-0.3, -0.25) is 9.59 Å². The van der Waals surface area contributed by atoms with E-state index in [9.17, 15) is 23.2 Å². The number of ether oxygens (including phenoxy) is 1. The highest BCUT2D eigenvalue weighted by molar-refractivity contribution is 5.96. The molecule has 2 aromatic rings. The number of hydrogen-bond acceptors (Lipinski definition) is 4. The molecule has 2 aromatic carbocycles. The topological polar surface area (TPSA) is 75.7 Å². The molecule has 1 atom stereocenters. The first kappa shape index (κ1) is 21.4. The van der Waals surface area contributed by atoms with Gasteiger partial charge in [-0.2, -0.15) is 0 Å². The Hall–Kier alpha value is -3.29. The molecule has 0 aromatic heterocycles. The second-order valence-electron chi connectivity index (χ2n) is 7.13. The molecular weight excluding hydrogens is 394 g/mol. The van der Waals surface area contributed by atoms with Gasteiger partial charge in [-0.15, -0.1) is 0 Å². The predicted molar refractivity (Wildman–Crippen MR) is 106 cm³/mol. The lowest BCUT2D eigenvalue weighted by Crippen LogP contribution is -2.44. The van der Waals surface area contributed by atoms with Crippen LogP contribution in [0.3, 0.4) is 0 Å². The molecule has 3 rings (SSSR count). The summed E-state index contributed by atoms with van der Waals surface area (Å²) in [6, 6.07) is 10.7. The van der Waals surface area contributed by atoms with Crippen molar-refractivity contribution in [3.63, 3.8) is 0 Å². The molecule has 1 N–H and O–H groups in total. The molecule has 6 nitrogen and oxygen atoms in total. The maximum absolute atomic E-state index is 14.1. The molecule has 1 fully saturated rings. The SMILES string of the molecule is COC(=O)c1cc(NC(=O)C2CCCN(C(=O)Cc3ccccc3)C2)c(F)cc1F. The number of nitrogens with zero attached hydrogens (tertiary/aromatic N) is 1. The first-order valence-electron chi connectivity index (χ1n) is 9.59. The van der Waals surface area contributed by atoms with Crippen LogP contribution in [0, 0.1) is 17.6 Å². The van der Waals surface area contributed by atoms with Crippen LogP contribution in [0.2, 0.25) is 0 Å². The fraction of sp³-hybridized carbons (Fsp3) is 0.318. The van der Waals surface area contributed by atoms with E-state index >= 15 is 0 Å². The Kier molecular flexibility index (Phi) is 6.76. The number of esters is 1. The molecule has 2 amide bonds. The van der Waals surface area contributed by atoms with Crippen LogP contribution in [-0.4, -0.2) is 42.9 Å². The van der Waals surface area contributed by atoms with Gasteiger partial charge in [-0.25, -0.2) is 13.6 Å². The number of piperidine rings is 1. The Morgan fingerprint density at radius 1 is 1.13 bits per heavy atom. The van der Waals surface area contributed by atoms with Crippen molar-refractivity contribution < 1.29 is 27.9 Å². The zero-order valence-corrected chi connectivity index (χ0v) is 16.5. The third-order valence-electron chi connectivity index (χ3n) is 5.06. The van der Waals surface area contributed by atoms with E-state index < -0.39 is 35.0 Å². The number of carbonyl (C=O) groups is 3. The number of nitrogens with one attached hydrogen (secondary N) is 1. The summed E-state index contributed by atoms with van der Waals surface area (Å²) in [5, 5.41) is 2.41. The molecule has 1 aliphatic rings. The number of methoxy groups -OCH3 is 1. The average molecular weight is 416 g/mol. The monoisotopic (exact) mass is 416 g/mol. The number of rotatable bonds is 5. The van der Waals surface area contributed by atoms with Gasteiger partial charge in [0.2, 0.25) is 11.8 Å². The van der Waals surface area contributed by atoms with Gasteiger partial charge in [0.1, 0.15) is 11.6 Å². The van der Waals surface area contributed by atoms with Gasteiger partial charge in [0.25, 0.3) is 0 Å². The van der Waals surface area contributed by atoms with Crippen molar-refractivity contribution in [2.45, 2.75) is 19.3 Å². The fourth-order valence-electron chi connectivity index (χ4n) is 3.45. The highest BCUT2D eigenvalue weighted by atomic mass is 19.1. The van der Waals surface area contributed by atoms with E-state index in [2.05, 4.69) is 10.1 Å². The van der Waals surface area contributed by atoms with Crippen molar-refractivity contribution >= 4 is 23.5 Å². The lowest BCUT2D eigenvalue weighted by molar-refractivity contribution is -0.133. The van der Waals surface area contributed by atoms with Crippen molar-refractivity contribution in [3.8, 4) is 0 Å². The molecule has 1 aliphatic heterocycles. The molecule has 0 spiro atoms. The predicted octanol–water partition coefficient (Wildman–Crippen LogP) is 3.17. The summed E-state index contributed by atoms with van der Waals surface area (Å²) in [7, 11) is 1.08. The number of carbonyl (C=O) groups excluding carboxylic acids is 3. The largest absolute Gasteiger partial charge is 0.465 e. The third kappa shape index (κ3) is 5.00. The Morgan fingerprint density at radius 3 is 2.57 bits per heavy atom. The second-order valence-corrected chi connectivity index (χ2v) is 7.13. The zero-order chi connectivity index (χ0) is 21.7. The summed E-state index contributed by atoms with van der Waals surface area (Å²) < 4.78 is 32.3. The Morgan fingerprint density at radius 2 is 1.87 bits per heavy atom. The van der Waals surface area contributed by atoms with Crippen molar-refractivity contribution in [1.82, 2.24) is 4.90 Å². The van der Waals surface area contributed by atoms with Gasteiger partial charge in [-0.05, 0) is 24.5 Å². The van der Waals surface area contributed by atoms with Gasteiger partial charge in [-0.1, -0.05) is 30.3 Å². The highest BCUT2D eigenvalue weighted by Gasteiger charge is 2.29. The summed E-state index contributed by atoms with van der Waals surface area (Å²) in [5.74, 6) is -4.16. The Balaban J connectivity index is 1.67. The maximum atomic E-state index is 14.1. The number of halogens is 2. The van der Waals surface area contributed by atoms with E-state index in [1.165, 1.54) is 0 Å². The van der Waals surface area contributed by atoms with Gasteiger partial charge >= 0.3 is 5.97 Å². The smallest absolute Gasteiger partial charge is 0.340 e. The summed E-state index contributed by atoms with van der Waals surface area (Å²) in [6.07, 6.45) is 1.41. The van der Waals surface area contributed by atoms with Crippen LogP contribution in [0.1, 0.15) is 28.8 Å². The molecule has 0 bridgehead atoms. The summed E-state index contributed by atoms with van der Waals surface area (Å²) in [6.45, 7) is 0.761. The normalized spacial score (nSPS) is 16.1. The molecule has 30 heavy (non-hydrogen) atoms. The molecule has 8 heteroatoms. The van der Waals surface area contributed by atoms with Crippen LogP contribution >= 0.6 is 0 Å². The number of likely N-dealkylation sites (tertiary alicyclic amines) is 1. The Labute approximate surface area is 172 Å². The van der Waals surface area contributed by atoms with Crippen LogP contribution < -0.4 is 5.32 Å². The van der Waals surface area contributed by atoms with Crippen molar-refractivity contribution in [1.29, 1.82) is 0 Å². The summed E-state index contributed by atoms with van der Waals surface area (Å²) >= 11 is 0. The molecule has 0 saturated carbocycles. The summed E-state index contributed by atoms with van der Waals surface area (Å²) in [4.78, 5) is 38.5. The highest BCUT2D eigenvalue weighted by Crippen LogP contribution is 2.23. The second kappa shape index (κ2) is 9.47. The number of hydrogen-bond donors (Lipinski definition) is 1. The lowest BCUT2D eigenvalue weighted by atomic mass is 9.96. The van der Waals surface area contributed by atoms with E-state index in [1.54, 1.807) is 4.90 Å². The Bertz CT molecular complexity index is 950. The third-order valence-corrected chi connectivity index (χ3v) is 5.06. The molecule has 1 heterocycles. The fourth-order valence-corrected chi connectivity index (χ4v) is 3.45. The standard InChI is InChI=1S/C22H22F2N2O4/c1-30-22(29)16-11-19(18(24)12-17(16)23)25-21(28)15-8-5-9-26(13-15)20(27)10-14-6-3-2-4-7-14/h2-4,6-7,11-12,15H,5,8-10,13H2,1H3,(H,25,28). The minimum Gasteiger partial charge on any atom is -0.465 e. The maximum Gasteiger partial charge on any atom is 0.340 e. The molecule has 1 saturated heterocycles. The van der Waals surface area contributed by atoms with Crippen LogP contribution in [0.15, 0.2) is 42.5 Å². The van der Waals surface area contributed by atoms with Crippen LogP contribution in [0.25, 0.3) is 0 Å². The lowest BCUT2D eigenvalue weighted by Gasteiger charge is -2.32. The quantitative estimate of drug-likeness (QED) is 0.760. The van der Waals surface area contributed by atoms with Gasteiger partial charge in [0.05, 0.1) is 30.7 Å². The van der Waals surface area contributed by atoms with Crippen molar-refractivity contribution in [2.75, 3.05) is 25.5 Å². The summed E-state index contributed by atoms with van der Waals surface area (Å²) in [5.41, 5.74) is 0.102. The molecule has 1 unspecified atom stereocenters. The first-order valence-corrected chi connectivity index (χ1v) is 9.59. The van der Waals surface area contributed by atoms with E-state index in [-0.39, 0.29) is 24.6 Å².